The van der Waals surface area contributed by atoms with Gasteiger partial charge in [0, 0.05) is 23.8 Å². The molecule has 0 spiro atoms. The number of pyridine rings is 2. The van der Waals surface area contributed by atoms with Gasteiger partial charge in [0.25, 0.3) is 0 Å². The second-order valence-corrected chi connectivity index (χ2v) is 15.4. The third-order valence-corrected chi connectivity index (χ3v) is 10.7. The molecule has 0 saturated carbocycles. The molecule has 6 rings (SSSR count). The summed E-state index contributed by atoms with van der Waals surface area (Å²) in [4.78, 5) is 9.20. The van der Waals surface area contributed by atoms with Gasteiger partial charge in [-0.1, -0.05) is 157 Å². The second kappa shape index (κ2) is 25.2. The molecule has 0 aliphatic rings. The first-order valence-corrected chi connectivity index (χ1v) is 22.0. The lowest BCUT2D eigenvalue weighted by Gasteiger charge is -2.08. The van der Waals surface area contributed by atoms with E-state index in [1.807, 2.05) is 24.5 Å². The normalized spacial score (nSPS) is 10.8. The molecule has 0 unspecified atom stereocenters. The van der Waals surface area contributed by atoms with Crippen molar-refractivity contribution in [2.75, 3.05) is 13.7 Å². The van der Waals surface area contributed by atoms with Gasteiger partial charge in [0.1, 0.15) is 11.5 Å². The third-order valence-electron chi connectivity index (χ3n) is 10.7. The number of aryl methyl sites for hydroxylation is 6. The molecule has 58 heavy (non-hydrogen) atoms. The average molecular weight is 775 g/mol. The summed E-state index contributed by atoms with van der Waals surface area (Å²) in [5.41, 5.74) is 12.6. The zero-order chi connectivity index (χ0) is 40.6. The molecule has 4 aromatic carbocycles. The fourth-order valence-corrected chi connectivity index (χ4v) is 7.13. The Morgan fingerprint density at radius 3 is 1.16 bits per heavy atom. The van der Waals surface area contributed by atoms with Crippen molar-refractivity contribution < 1.29 is 9.47 Å². The van der Waals surface area contributed by atoms with Crippen molar-refractivity contribution in [3.8, 4) is 33.8 Å². The number of nitrogens with zero attached hydrogens (tertiary/aromatic N) is 2. The molecule has 6 aromatic rings. The number of ether oxygens (including phenoxy) is 2. The molecule has 0 amide bonds. The lowest BCUT2D eigenvalue weighted by molar-refractivity contribution is 0.304. The highest BCUT2D eigenvalue weighted by atomic mass is 16.5. The van der Waals surface area contributed by atoms with Gasteiger partial charge in [-0.2, -0.15) is 0 Å². The summed E-state index contributed by atoms with van der Waals surface area (Å²) in [7, 11) is 1.69. The predicted molar refractivity (Wildman–Crippen MR) is 245 cm³/mol. The molecular weight excluding hydrogens is 709 g/mol. The predicted octanol–water partition coefficient (Wildman–Crippen LogP) is 14.1. The molecule has 0 atom stereocenters. The minimum Gasteiger partial charge on any atom is -0.497 e. The Morgan fingerprint density at radius 2 is 0.759 bits per heavy atom. The first kappa shape index (κ1) is 43.9. The molecule has 4 heteroatoms. The van der Waals surface area contributed by atoms with Gasteiger partial charge in [-0.05, 0) is 126 Å². The molecule has 0 fully saturated rings. The summed E-state index contributed by atoms with van der Waals surface area (Å²) >= 11 is 0. The Bertz CT molecular complexity index is 1970. The van der Waals surface area contributed by atoms with Gasteiger partial charge in [0.05, 0.1) is 13.7 Å². The Hall–Kier alpha value is -5.22. The van der Waals surface area contributed by atoms with Crippen LogP contribution in [0.4, 0.5) is 0 Å². The standard InChI is InChI=1S/C31H41NO.C23H25NO/c1-3-5-6-7-8-9-10-24-33-31-22-18-29(19-23-31)28-16-12-26(13-17-28)14-20-30-21-15-27(11-4-2)25-32-30;1-3-4-19-8-14-22(24-17-19)13-7-18-5-9-20(10-6-18)21-11-15-23(25-2)16-12-21/h12-13,15-19,21-23,25H,3-11,14,20,24H2,1-2H3;5-6,8-12,14-17H,3-4,7,13H2,1-2H3. The van der Waals surface area contributed by atoms with Crippen LogP contribution in [0.5, 0.6) is 11.5 Å². The van der Waals surface area contributed by atoms with Crippen molar-refractivity contribution in [3.63, 3.8) is 0 Å². The molecule has 304 valence electrons. The van der Waals surface area contributed by atoms with Crippen LogP contribution in [0.3, 0.4) is 0 Å². The zero-order valence-electron chi connectivity index (χ0n) is 35.7. The van der Waals surface area contributed by atoms with Crippen molar-refractivity contribution in [1.29, 1.82) is 0 Å². The summed E-state index contributed by atoms with van der Waals surface area (Å²) in [6.07, 6.45) is 21.8. The van der Waals surface area contributed by atoms with Crippen molar-refractivity contribution in [1.82, 2.24) is 9.97 Å². The molecule has 0 N–H and O–H groups in total. The van der Waals surface area contributed by atoms with E-state index in [1.54, 1.807) is 7.11 Å². The molecule has 0 radical (unpaired) electrons. The summed E-state index contributed by atoms with van der Waals surface area (Å²) in [6.45, 7) is 7.49. The Kier molecular flexibility index (Phi) is 19.1. The first-order chi connectivity index (χ1) is 28.6. The van der Waals surface area contributed by atoms with Crippen LogP contribution in [0.15, 0.2) is 134 Å². The van der Waals surface area contributed by atoms with E-state index in [4.69, 9.17) is 9.47 Å². The van der Waals surface area contributed by atoms with E-state index < -0.39 is 0 Å². The number of hydrogen-bond donors (Lipinski definition) is 0. The highest BCUT2D eigenvalue weighted by Gasteiger charge is 2.04. The van der Waals surface area contributed by atoms with Crippen molar-refractivity contribution in [3.05, 3.63) is 167 Å². The molecule has 4 nitrogen and oxygen atoms in total. The van der Waals surface area contributed by atoms with E-state index in [0.29, 0.717) is 0 Å². The summed E-state index contributed by atoms with van der Waals surface area (Å²) < 4.78 is 11.1. The van der Waals surface area contributed by atoms with Crippen LogP contribution >= 0.6 is 0 Å². The van der Waals surface area contributed by atoms with Gasteiger partial charge in [0.2, 0.25) is 0 Å². The van der Waals surface area contributed by atoms with Crippen LogP contribution in [-0.4, -0.2) is 23.7 Å². The zero-order valence-corrected chi connectivity index (χ0v) is 35.7. The van der Waals surface area contributed by atoms with Gasteiger partial charge in [-0.25, -0.2) is 0 Å². The van der Waals surface area contributed by atoms with Crippen LogP contribution in [0, 0.1) is 0 Å². The maximum absolute atomic E-state index is 5.93. The van der Waals surface area contributed by atoms with Gasteiger partial charge in [0.15, 0.2) is 0 Å². The average Bonchev–Trinajstić information content (AvgIpc) is 3.28. The topological polar surface area (TPSA) is 44.2 Å². The SMILES string of the molecule is CCCCCCCCCOc1ccc(-c2ccc(CCc3ccc(CCC)cn3)cc2)cc1.CCCc1ccc(CCc2ccc(-c3ccc(OC)cc3)cc2)nc1. The van der Waals surface area contributed by atoms with Crippen molar-refractivity contribution >= 4 is 0 Å². The number of aromatic nitrogens is 2. The number of hydrogen-bond acceptors (Lipinski definition) is 4. The van der Waals surface area contributed by atoms with Gasteiger partial charge < -0.3 is 9.47 Å². The Morgan fingerprint density at radius 1 is 0.362 bits per heavy atom. The summed E-state index contributed by atoms with van der Waals surface area (Å²) in [5, 5.41) is 0. The largest absolute Gasteiger partial charge is 0.497 e. The minimum atomic E-state index is 0.817. The number of benzene rings is 4. The van der Waals surface area contributed by atoms with Crippen molar-refractivity contribution in [2.24, 2.45) is 0 Å². The van der Waals surface area contributed by atoms with Crippen LogP contribution < -0.4 is 9.47 Å². The summed E-state index contributed by atoms with van der Waals surface area (Å²) in [6, 6.07) is 43.2. The van der Waals surface area contributed by atoms with E-state index in [-0.39, 0.29) is 0 Å². The van der Waals surface area contributed by atoms with Crippen LogP contribution in [0.25, 0.3) is 22.3 Å². The maximum Gasteiger partial charge on any atom is 0.119 e. The lowest BCUT2D eigenvalue weighted by Crippen LogP contribution is -1.97. The first-order valence-electron chi connectivity index (χ1n) is 22.0. The molecule has 0 saturated heterocycles. The van der Waals surface area contributed by atoms with Crippen LogP contribution in [0.1, 0.15) is 112 Å². The van der Waals surface area contributed by atoms with Gasteiger partial charge in [-0.3, -0.25) is 9.97 Å². The molecule has 0 aliphatic heterocycles. The lowest BCUT2D eigenvalue weighted by atomic mass is 10.0. The minimum absolute atomic E-state index is 0.817. The molecule has 0 aliphatic carbocycles. The number of unbranched alkanes of at least 4 members (excludes halogenated alkanes) is 6. The Labute approximate surface area is 350 Å². The van der Waals surface area contributed by atoms with Gasteiger partial charge >= 0.3 is 0 Å². The molecular formula is C54H66N2O2. The quantitative estimate of drug-likeness (QED) is 0.0644. The number of rotatable bonds is 22. The highest BCUT2D eigenvalue weighted by Crippen LogP contribution is 2.25. The van der Waals surface area contributed by atoms with E-state index >= 15 is 0 Å². The van der Waals surface area contributed by atoms with Gasteiger partial charge in [-0.15, -0.1) is 0 Å². The summed E-state index contributed by atoms with van der Waals surface area (Å²) in [5.74, 6) is 1.86. The van der Waals surface area contributed by atoms with Crippen LogP contribution in [-0.2, 0) is 38.5 Å². The van der Waals surface area contributed by atoms with E-state index in [2.05, 4.69) is 140 Å². The monoisotopic (exact) mass is 775 g/mol. The maximum atomic E-state index is 5.93. The van der Waals surface area contributed by atoms with Crippen molar-refractivity contribution in [2.45, 2.75) is 117 Å². The van der Waals surface area contributed by atoms with E-state index in [0.717, 1.165) is 63.1 Å². The number of methoxy groups -OCH3 is 1. The third kappa shape index (κ3) is 15.3. The second-order valence-electron chi connectivity index (χ2n) is 15.4. The molecule has 2 aromatic heterocycles. The Balaban J connectivity index is 0.000000229. The molecule has 0 bridgehead atoms. The van der Waals surface area contributed by atoms with E-state index in [1.165, 1.54) is 107 Å². The fraction of sp³-hybridized carbons (Fsp3) is 0.370. The highest BCUT2D eigenvalue weighted by molar-refractivity contribution is 5.65. The van der Waals surface area contributed by atoms with Crippen LogP contribution in [0.2, 0.25) is 0 Å². The fourth-order valence-electron chi connectivity index (χ4n) is 7.13. The smallest absolute Gasteiger partial charge is 0.119 e. The molecule has 2 heterocycles. The van der Waals surface area contributed by atoms with E-state index in [9.17, 15) is 0 Å².